The average molecular weight is 363 g/mol. The van der Waals surface area contributed by atoms with Gasteiger partial charge >= 0.3 is 5.69 Å². The van der Waals surface area contributed by atoms with Crippen molar-refractivity contribution >= 4 is 5.91 Å². The van der Waals surface area contributed by atoms with Gasteiger partial charge in [0.2, 0.25) is 5.91 Å². The zero-order valence-electron chi connectivity index (χ0n) is 16.2. The Morgan fingerprint density at radius 3 is 2.77 bits per heavy atom. The number of nitrogens with one attached hydrogen (secondary N) is 1. The van der Waals surface area contributed by atoms with Gasteiger partial charge in [-0.15, -0.1) is 0 Å². The van der Waals surface area contributed by atoms with E-state index in [-0.39, 0.29) is 17.5 Å². The standard InChI is InChI=1S/C20H34N4O2/c1-2-17(15-16-9-4-3-5-10-16)19(25)21-12-8-14-24-20(26)23-13-7-6-11-18(23)22-24/h16-17H,2-15H2,1H3,(H,21,25). The third-order valence-corrected chi connectivity index (χ3v) is 6.08. The first-order chi connectivity index (χ1) is 12.7. The Bertz CT molecular complexity index is 643. The fraction of sp³-hybridized carbons (Fsp3) is 0.850. The summed E-state index contributed by atoms with van der Waals surface area (Å²) >= 11 is 0. The van der Waals surface area contributed by atoms with Crippen LogP contribution in [0.2, 0.25) is 0 Å². The van der Waals surface area contributed by atoms with E-state index in [1.54, 1.807) is 9.25 Å². The summed E-state index contributed by atoms with van der Waals surface area (Å²) in [6.45, 7) is 4.11. The molecule has 1 N–H and O–H groups in total. The summed E-state index contributed by atoms with van der Waals surface area (Å²) in [5, 5.41) is 7.54. The van der Waals surface area contributed by atoms with Gasteiger partial charge in [-0.2, -0.15) is 5.10 Å². The summed E-state index contributed by atoms with van der Waals surface area (Å²) in [5.74, 6) is 1.98. The second kappa shape index (κ2) is 9.38. The van der Waals surface area contributed by atoms with Crippen LogP contribution in [-0.4, -0.2) is 26.8 Å². The first kappa shape index (κ1) is 19.2. The molecule has 1 unspecified atom stereocenters. The SMILES string of the molecule is CCC(CC1CCCCC1)C(=O)NCCCn1nc2n(c1=O)CCCC2. The molecule has 0 radical (unpaired) electrons. The molecular weight excluding hydrogens is 328 g/mol. The summed E-state index contributed by atoms with van der Waals surface area (Å²) in [6, 6.07) is 0. The third kappa shape index (κ3) is 4.77. The molecule has 0 saturated heterocycles. The number of aromatic nitrogens is 3. The molecule has 146 valence electrons. The Balaban J connectivity index is 1.41. The Morgan fingerprint density at radius 2 is 2.04 bits per heavy atom. The summed E-state index contributed by atoms with van der Waals surface area (Å²) < 4.78 is 3.38. The van der Waals surface area contributed by atoms with E-state index in [0.29, 0.717) is 13.1 Å². The minimum Gasteiger partial charge on any atom is -0.356 e. The number of hydrogen-bond donors (Lipinski definition) is 1. The molecule has 0 spiro atoms. The molecule has 0 aromatic carbocycles. The number of fused-ring (bicyclic) bond motifs is 1. The van der Waals surface area contributed by atoms with Crippen molar-refractivity contribution in [3.8, 4) is 0 Å². The van der Waals surface area contributed by atoms with Crippen LogP contribution in [0.4, 0.5) is 0 Å². The molecule has 1 amide bonds. The van der Waals surface area contributed by atoms with Crippen molar-refractivity contribution in [3.05, 3.63) is 16.3 Å². The van der Waals surface area contributed by atoms with E-state index in [2.05, 4.69) is 17.3 Å². The zero-order valence-corrected chi connectivity index (χ0v) is 16.2. The lowest BCUT2D eigenvalue weighted by Crippen LogP contribution is -2.33. The summed E-state index contributed by atoms with van der Waals surface area (Å²) in [6.07, 6.45) is 12.4. The molecule has 2 heterocycles. The maximum Gasteiger partial charge on any atom is 0.345 e. The number of hydrogen-bond acceptors (Lipinski definition) is 3. The number of amides is 1. The van der Waals surface area contributed by atoms with Gasteiger partial charge in [-0.1, -0.05) is 39.0 Å². The normalized spacial score (nSPS) is 19.1. The molecule has 1 saturated carbocycles. The molecule has 1 aromatic rings. The molecule has 6 heteroatoms. The van der Waals surface area contributed by atoms with Gasteiger partial charge in [-0.3, -0.25) is 9.36 Å². The van der Waals surface area contributed by atoms with Gasteiger partial charge in [0.15, 0.2) is 0 Å². The van der Waals surface area contributed by atoms with Crippen LogP contribution in [0.25, 0.3) is 0 Å². The molecule has 0 bridgehead atoms. The summed E-state index contributed by atoms with van der Waals surface area (Å²) in [7, 11) is 0. The van der Waals surface area contributed by atoms with E-state index >= 15 is 0 Å². The number of nitrogens with zero attached hydrogens (tertiary/aromatic N) is 3. The molecule has 6 nitrogen and oxygen atoms in total. The van der Waals surface area contributed by atoms with Crippen molar-refractivity contribution in [3.63, 3.8) is 0 Å². The van der Waals surface area contributed by atoms with Gasteiger partial charge in [0.05, 0.1) is 0 Å². The highest BCUT2D eigenvalue weighted by Crippen LogP contribution is 2.30. The van der Waals surface area contributed by atoms with Crippen LogP contribution < -0.4 is 11.0 Å². The molecule has 2 aliphatic rings. The smallest absolute Gasteiger partial charge is 0.345 e. The fourth-order valence-electron chi connectivity index (χ4n) is 4.46. The third-order valence-electron chi connectivity index (χ3n) is 6.08. The monoisotopic (exact) mass is 362 g/mol. The highest BCUT2D eigenvalue weighted by molar-refractivity contribution is 5.78. The first-order valence-electron chi connectivity index (χ1n) is 10.6. The first-order valence-corrected chi connectivity index (χ1v) is 10.6. The van der Waals surface area contributed by atoms with Crippen molar-refractivity contribution in [2.45, 2.75) is 90.6 Å². The second-order valence-electron chi connectivity index (χ2n) is 8.02. The number of rotatable bonds is 8. The van der Waals surface area contributed by atoms with Crippen LogP contribution in [0, 0.1) is 11.8 Å². The van der Waals surface area contributed by atoms with E-state index < -0.39 is 0 Å². The van der Waals surface area contributed by atoms with Gasteiger partial charge in [-0.25, -0.2) is 9.48 Å². The van der Waals surface area contributed by atoms with Crippen molar-refractivity contribution in [2.24, 2.45) is 11.8 Å². The fourth-order valence-corrected chi connectivity index (χ4v) is 4.46. The molecule has 1 fully saturated rings. The maximum absolute atomic E-state index is 12.5. The lowest BCUT2D eigenvalue weighted by molar-refractivity contribution is -0.125. The predicted molar refractivity (Wildman–Crippen MR) is 102 cm³/mol. The van der Waals surface area contributed by atoms with E-state index in [0.717, 1.165) is 56.8 Å². The molecule has 26 heavy (non-hydrogen) atoms. The lowest BCUT2D eigenvalue weighted by Gasteiger charge is -2.25. The van der Waals surface area contributed by atoms with Crippen molar-refractivity contribution < 1.29 is 4.79 Å². The summed E-state index contributed by atoms with van der Waals surface area (Å²) in [4.78, 5) is 24.8. The average Bonchev–Trinajstić information content (AvgIpc) is 3.00. The van der Waals surface area contributed by atoms with Crippen molar-refractivity contribution in [1.29, 1.82) is 0 Å². The van der Waals surface area contributed by atoms with E-state index in [9.17, 15) is 9.59 Å². The van der Waals surface area contributed by atoms with Gasteiger partial charge in [0.25, 0.3) is 0 Å². The van der Waals surface area contributed by atoms with Crippen molar-refractivity contribution in [2.75, 3.05) is 6.54 Å². The molecule has 1 aliphatic heterocycles. The highest BCUT2D eigenvalue weighted by atomic mass is 16.2. The zero-order chi connectivity index (χ0) is 18.4. The molecular formula is C20H34N4O2. The van der Waals surface area contributed by atoms with Crippen LogP contribution in [0.5, 0.6) is 0 Å². The predicted octanol–water partition coefficient (Wildman–Crippen LogP) is 2.88. The van der Waals surface area contributed by atoms with Crippen LogP contribution >= 0.6 is 0 Å². The number of carbonyl (C=O) groups is 1. The van der Waals surface area contributed by atoms with E-state index in [1.807, 2.05) is 0 Å². The largest absolute Gasteiger partial charge is 0.356 e. The van der Waals surface area contributed by atoms with Gasteiger partial charge in [0.1, 0.15) is 5.82 Å². The lowest BCUT2D eigenvalue weighted by atomic mass is 9.82. The van der Waals surface area contributed by atoms with Crippen molar-refractivity contribution in [1.82, 2.24) is 19.7 Å². The molecule has 1 atom stereocenters. The van der Waals surface area contributed by atoms with Gasteiger partial charge < -0.3 is 5.32 Å². The van der Waals surface area contributed by atoms with Crippen LogP contribution in [-0.2, 0) is 24.3 Å². The van der Waals surface area contributed by atoms with Crippen LogP contribution in [0.3, 0.4) is 0 Å². The molecule has 3 rings (SSSR count). The minimum absolute atomic E-state index is 0.00904. The Kier molecular flexibility index (Phi) is 6.92. The van der Waals surface area contributed by atoms with Crippen LogP contribution in [0.15, 0.2) is 4.79 Å². The maximum atomic E-state index is 12.5. The highest BCUT2D eigenvalue weighted by Gasteiger charge is 2.23. The molecule has 1 aromatic heterocycles. The Hall–Kier alpha value is -1.59. The molecule has 1 aliphatic carbocycles. The number of carbonyl (C=O) groups excluding carboxylic acids is 1. The second-order valence-corrected chi connectivity index (χ2v) is 8.02. The Morgan fingerprint density at radius 1 is 1.23 bits per heavy atom. The quantitative estimate of drug-likeness (QED) is 0.723. The Labute approximate surface area is 156 Å². The topological polar surface area (TPSA) is 68.9 Å². The van der Waals surface area contributed by atoms with Gasteiger partial charge in [0, 0.05) is 32.0 Å². The van der Waals surface area contributed by atoms with Gasteiger partial charge in [-0.05, 0) is 38.0 Å². The van der Waals surface area contributed by atoms with E-state index in [1.165, 1.54) is 32.1 Å². The number of aryl methyl sites for hydroxylation is 2. The van der Waals surface area contributed by atoms with Crippen LogP contribution in [0.1, 0.15) is 77.0 Å². The summed E-state index contributed by atoms with van der Waals surface area (Å²) in [5.41, 5.74) is 0.00904. The van der Waals surface area contributed by atoms with E-state index in [4.69, 9.17) is 0 Å². The minimum atomic E-state index is 0.00904.